The summed E-state index contributed by atoms with van der Waals surface area (Å²) < 4.78 is 5.06. The zero-order chi connectivity index (χ0) is 11.4. The average molecular weight is 220 g/mol. The van der Waals surface area contributed by atoms with Crippen LogP contribution in [-0.4, -0.2) is 22.9 Å². The van der Waals surface area contributed by atoms with Gasteiger partial charge in [0.25, 0.3) is 0 Å². The molecule has 16 heavy (non-hydrogen) atoms. The topological polar surface area (TPSA) is 52.1 Å². The molecule has 0 radical (unpaired) electrons. The van der Waals surface area contributed by atoms with E-state index >= 15 is 0 Å². The van der Waals surface area contributed by atoms with E-state index in [1.165, 1.54) is 19.7 Å². The molecule has 0 aromatic carbocycles. The highest BCUT2D eigenvalue weighted by atomic mass is 16.5. The zero-order valence-electron chi connectivity index (χ0n) is 9.48. The normalized spacial score (nSPS) is 17.1. The van der Waals surface area contributed by atoms with Crippen LogP contribution in [0.15, 0.2) is 12.4 Å². The highest BCUT2D eigenvalue weighted by Gasteiger charge is 2.26. The Balaban J connectivity index is 2.19. The molecular weight excluding hydrogens is 204 g/mol. The molecule has 2 rings (SSSR count). The number of rotatable bonds is 3. The summed E-state index contributed by atoms with van der Waals surface area (Å²) in [6.45, 7) is 0. The van der Waals surface area contributed by atoms with E-state index < -0.39 is 0 Å². The lowest BCUT2D eigenvalue weighted by atomic mass is 9.85. The number of hydrogen-bond acceptors (Lipinski definition) is 4. The minimum absolute atomic E-state index is 0.0876. The molecule has 0 unspecified atom stereocenters. The number of ketones is 1. The van der Waals surface area contributed by atoms with Crippen LogP contribution in [-0.2, 0) is 0 Å². The molecule has 1 aromatic heterocycles. The van der Waals surface area contributed by atoms with Crippen molar-refractivity contribution in [1.82, 2.24) is 9.97 Å². The molecule has 1 heterocycles. The molecule has 1 aliphatic carbocycles. The summed E-state index contributed by atoms with van der Waals surface area (Å²) in [6.07, 6.45) is 8.53. The molecule has 0 spiro atoms. The van der Waals surface area contributed by atoms with Gasteiger partial charge in [0.2, 0.25) is 5.88 Å². The smallest absolute Gasteiger partial charge is 0.243 e. The number of aromatic nitrogens is 2. The van der Waals surface area contributed by atoms with E-state index in [9.17, 15) is 4.79 Å². The predicted octanol–water partition coefficient (Wildman–Crippen LogP) is 2.25. The molecule has 4 heteroatoms. The highest BCUT2D eigenvalue weighted by Crippen LogP contribution is 2.28. The summed E-state index contributed by atoms with van der Waals surface area (Å²) in [6, 6.07) is 0. The molecule has 0 amide bonds. The second-order valence-electron chi connectivity index (χ2n) is 4.11. The second kappa shape index (κ2) is 5.05. The lowest BCUT2D eigenvalue weighted by molar-refractivity contribution is 0.0880. The Bertz CT molecular complexity index is 373. The van der Waals surface area contributed by atoms with Gasteiger partial charge in [0.15, 0.2) is 11.5 Å². The molecule has 0 aliphatic heterocycles. The number of ether oxygens (including phenoxy) is 1. The fourth-order valence-corrected chi connectivity index (χ4v) is 2.20. The van der Waals surface area contributed by atoms with Crippen LogP contribution >= 0.6 is 0 Å². The first-order valence-corrected chi connectivity index (χ1v) is 5.72. The molecular formula is C12H16N2O2. The van der Waals surface area contributed by atoms with Crippen molar-refractivity contribution >= 4 is 5.78 Å². The third-order valence-corrected chi connectivity index (χ3v) is 3.07. The largest absolute Gasteiger partial charge is 0.479 e. The fraction of sp³-hybridized carbons (Fsp3) is 0.583. The van der Waals surface area contributed by atoms with Gasteiger partial charge in [-0.05, 0) is 12.8 Å². The summed E-state index contributed by atoms with van der Waals surface area (Å²) in [4.78, 5) is 20.3. The van der Waals surface area contributed by atoms with Gasteiger partial charge in [0, 0.05) is 18.3 Å². The molecule has 0 saturated heterocycles. The van der Waals surface area contributed by atoms with Crippen LogP contribution in [0.5, 0.6) is 5.88 Å². The number of Topliss-reactive ketones (excluding diaryl/α,β-unsaturated/α-hetero) is 1. The monoisotopic (exact) mass is 220 g/mol. The second-order valence-corrected chi connectivity index (χ2v) is 4.11. The molecule has 1 fully saturated rings. The summed E-state index contributed by atoms with van der Waals surface area (Å²) in [7, 11) is 1.52. The van der Waals surface area contributed by atoms with Crippen molar-refractivity contribution in [3.05, 3.63) is 18.1 Å². The van der Waals surface area contributed by atoms with E-state index in [4.69, 9.17) is 4.74 Å². The minimum atomic E-state index is 0.0876. The maximum absolute atomic E-state index is 12.2. The zero-order valence-corrected chi connectivity index (χ0v) is 9.48. The van der Waals surface area contributed by atoms with E-state index in [0.717, 1.165) is 25.7 Å². The number of hydrogen-bond donors (Lipinski definition) is 0. The molecule has 0 bridgehead atoms. The van der Waals surface area contributed by atoms with Crippen LogP contribution in [0.3, 0.4) is 0 Å². The van der Waals surface area contributed by atoms with E-state index in [1.807, 2.05) is 0 Å². The number of carbonyl (C=O) groups excluding carboxylic acids is 1. The maximum Gasteiger partial charge on any atom is 0.243 e. The van der Waals surface area contributed by atoms with Gasteiger partial charge in [0.05, 0.1) is 7.11 Å². The first-order valence-electron chi connectivity index (χ1n) is 5.72. The first kappa shape index (κ1) is 11.0. The Morgan fingerprint density at radius 3 is 2.62 bits per heavy atom. The van der Waals surface area contributed by atoms with Crippen molar-refractivity contribution in [2.45, 2.75) is 32.1 Å². The SMILES string of the molecule is COc1nccnc1C(=O)C1CCCCC1. The lowest BCUT2D eigenvalue weighted by Crippen LogP contribution is -2.20. The van der Waals surface area contributed by atoms with Crippen molar-refractivity contribution < 1.29 is 9.53 Å². The first-order chi connectivity index (χ1) is 7.83. The summed E-state index contributed by atoms with van der Waals surface area (Å²) in [5.74, 6) is 0.544. The Labute approximate surface area is 95.1 Å². The Kier molecular flexibility index (Phi) is 3.49. The van der Waals surface area contributed by atoms with E-state index in [2.05, 4.69) is 9.97 Å². The predicted molar refractivity (Wildman–Crippen MR) is 59.5 cm³/mol. The van der Waals surface area contributed by atoms with Gasteiger partial charge in [-0.2, -0.15) is 0 Å². The maximum atomic E-state index is 12.2. The third-order valence-electron chi connectivity index (χ3n) is 3.07. The van der Waals surface area contributed by atoms with Crippen LogP contribution in [0.4, 0.5) is 0 Å². The fourth-order valence-electron chi connectivity index (χ4n) is 2.20. The molecule has 0 N–H and O–H groups in total. The van der Waals surface area contributed by atoms with Crippen LogP contribution in [0, 0.1) is 5.92 Å². The van der Waals surface area contributed by atoms with Crippen molar-refractivity contribution in [2.24, 2.45) is 5.92 Å². The van der Waals surface area contributed by atoms with E-state index in [0.29, 0.717) is 11.6 Å². The molecule has 1 saturated carbocycles. The van der Waals surface area contributed by atoms with Gasteiger partial charge in [-0.15, -0.1) is 0 Å². The van der Waals surface area contributed by atoms with Crippen LogP contribution in [0.25, 0.3) is 0 Å². The van der Waals surface area contributed by atoms with E-state index in [1.54, 1.807) is 6.20 Å². The van der Waals surface area contributed by atoms with Crippen molar-refractivity contribution in [3.63, 3.8) is 0 Å². The quantitative estimate of drug-likeness (QED) is 0.733. The third kappa shape index (κ3) is 2.21. The van der Waals surface area contributed by atoms with Gasteiger partial charge >= 0.3 is 0 Å². The van der Waals surface area contributed by atoms with Gasteiger partial charge in [-0.25, -0.2) is 9.97 Å². The summed E-state index contributed by atoms with van der Waals surface area (Å²) >= 11 is 0. The Morgan fingerprint density at radius 2 is 1.94 bits per heavy atom. The number of methoxy groups -OCH3 is 1. The van der Waals surface area contributed by atoms with Crippen molar-refractivity contribution in [2.75, 3.05) is 7.11 Å². The highest BCUT2D eigenvalue weighted by molar-refractivity contribution is 5.97. The molecule has 86 valence electrons. The Hall–Kier alpha value is -1.45. The standard InChI is InChI=1S/C12H16N2O2/c1-16-12-10(13-7-8-14-12)11(15)9-5-3-2-4-6-9/h7-9H,2-6H2,1H3. The van der Waals surface area contributed by atoms with Crippen LogP contribution in [0.1, 0.15) is 42.6 Å². The van der Waals surface area contributed by atoms with Gasteiger partial charge in [-0.1, -0.05) is 19.3 Å². The summed E-state index contributed by atoms with van der Waals surface area (Å²) in [5.41, 5.74) is 0.386. The number of carbonyl (C=O) groups is 1. The Morgan fingerprint density at radius 1 is 1.25 bits per heavy atom. The van der Waals surface area contributed by atoms with Crippen molar-refractivity contribution in [3.8, 4) is 5.88 Å². The molecule has 0 atom stereocenters. The summed E-state index contributed by atoms with van der Waals surface area (Å²) in [5, 5.41) is 0. The molecule has 1 aliphatic rings. The lowest BCUT2D eigenvalue weighted by Gasteiger charge is -2.20. The van der Waals surface area contributed by atoms with Crippen LogP contribution < -0.4 is 4.74 Å². The van der Waals surface area contributed by atoms with Gasteiger partial charge in [0.1, 0.15) is 0 Å². The van der Waals surface area contributed by atoms with Gasteiger partial charge < -0.3 is 4.74 Å². The molecule has 1 aromatic rings. The number of nitrogens with zero attached hydrogens (tertiary/aromatic N) is 2. The average Bonchev–Trinajstić information content (AvgIpc) is 2.39. The van der Waals surface area contributed by atoms with Crippen molar-refractivity contribution in [1.29, 1.82) is 0 Å². The minimum Gasteiger partial charge on any atom is -0.479 e. The van der Waals surface area contributed by atoms with Crippen LogP contribution in [0.2, 0.25) is 0 Å². The molecule has 4 nitrogen and oxygen atoms in total. The van der Waals surface area contributed by atoms with E-state index in [-0.39, 0.29) is 11.7 Å². The van der Waals surface area contributed by atoms with Gasteiger partial charge in [-0.3, -0.25) is 4.79 Å².